The molecular weight excluding hydrogens is 528 g/mol. The zero-order chi connectivity index (χ0) is 26.8. The average molecular weight is 555 g/mol. The molecule has 0 radical (unpaired) electrons. The summed E-state index contributed by atoms with van der Waals surface area (Å²) in [6, 6.07) is 17.8. The number of hydrogen-bond acceptors (Lipinski definition) is 8. The van der Waals surface area contributed by atoms with Crippen molar-refractivity contribution in [2.24, 2.45) is 0 Å². The van der Waals surface area contributed by atoms with E-state index in [1.54, 1.807) is 23.0 Å². The van der Waals surface area contributed by atoms with Crippen molar-refractivity contribution >= 4 is 35.1 Å². The molecule has 0 aliphatic carbocycles. The van der Waals surface area contributed by atoms with Gasteiger partial charge in [0.25, 0.3) is 4.84 Å². The van der Waals surface area contributed by atoms with Crippen LogP contribution in [0.2, 0.25) is 0 Å². The molecule has 1 unspecified atom stereocenters. The van der Waals surface area contributed by atoms with E-state index in [1.165, 1.54) is 0 Å². The number of carbonyl (C=O) groups is 1. The van der Waals surface area contributed by atoms with Gasteiger partial charge in [-0.2, -0.15) is 0 Å². The minimum atomic E-state index is -0.426. The first-order chi connectivity index (χ1) is 19.0. The maximum atomic E-state index is 14.2. The molecule has 0 saturated carbocycles. The summed E-state index contributed by atoms with van der Waals surface area (Å²) < 4.78 is 5.73. The molecule has 1 aliphatic rings. The van der Waals surface area contributed by atoms with Crippen LogP contribution >= 0.6 is 23.6 Å². The maximum Gasteiger partial charge on any atom is 0.284 e. The van der Waals surface area contributed by atoms with Gasteiger partial charge in [0.05, 0.1) is 17.2 Å². The normalized spacial score (nSPS) is 13.4. The molecule has 0 bridgehead atoms. The van der Waals surface area contributed by atoms with Crippen LogP contribution in [0.1, 0.15) is 22.5 Å². The topological polar surface area (TPSA) is 99.9 Å². The fourth-order valence-electron chi connectivity index (χ4n) is 5.00. The molecular formula is C29H26N6O2S2. The highest BCUT2D eigenvalue weighted by Crippen LogP contribution is 2.40. The van der Waals surface area contributed by atoms with E-state index in [-0.39, 0.29) is 10.7 Å². The second-order valence-electron chi connectivity index (χ2n) is 9.47. The highest BCUT2D eigenvalue weighted by Gasteiger charge is 2.33. The summed E-state index contributed by atoms with van der Waals surface area (Å²) in [6.07, 6.45) is 3.05. The number of benzene rings is 2. The summed E-state index contributed by atoms with van der Waals surface area (Å²) >= 11 is 6.70. The number of carbonyl (C=O) groups excluding carboxylic acids is 1. The Morgan fingerprint density at radius 1 is 1.18 bits per heavy atom. The Morgan fingerprint density at radius 2 is 2.05 bits per heavy atom. The highest BCUT2D eigenvalue weighted by atomic mass is 32.1. The molecule has 1 amide bonds. The summed E-state index contributed by atoms with van der Waals surface area (Å²) in [4.78, 5) is 25.0. The second-order valence-corrected chi connectivity index (χ2v) is 10.6. The Labute approximate surface area is 234 Å². The highest BCUT2D eigenvalue weighted by molar-refractivity contribution is 7.71. The maximum absolute atomic E-state index is 14.2. The number of aromatic amines is 1. The summed E-state index contributed by atoms with van der Waals surface area (Å²) in [7, 11) is 0. The number of nitrogens with one attached hydrogen (secondary N) is 2. The fourth-order valence-corrected chi connectivity index (χ4v) is 5.68. The second kappa shape index (κ2) is 11.0. The van der Waals surface area contributed by atoms with Gasteiger partial charge in [0.1, 0.15) is 0 Å². The standard InChI is InChI=1S/C29H26N6O2S2/c1-18-11-20(7-9-30-18)21-13-24(27-33-34-29(38)37-27)23-8-10-35(26(23)14-21)28(36)25(12-19-5-3-2-4-6-19)31-15-22-16-39-17-32-22/h2-7,9,11,13-14,16-17,25,31H,8,10,12,15H2,1H3,(H,34,38). The first kappa shape index (κ1) is 25.3. The van der Waals surface area contributed by atoms with Crippen molar-refractivity contribution < 1.29 is 9.21 Å². The van der Waals surface area contributed by atoms with Crippen LogP contribution in [0.25, 0.3) is 22.6 Å². The Bertz CT molecular complexity index is 1660. The van der Waals surface area contributed by atoms with Gasteiger partial charge in [-0.25, -0.2) is 10.1 Å². The fraction of sp³-hybridized carbons (Fsp3) is 0.207. The zero-order valence-corrected chi connectivity index (χ0v) is 22.9. The van der Waals surface area contributed by atoms with Gasteiger partial charge in [0.2, 0.25) is 11.8 Å². The van der Waals surface area contributed by atoms with Crippen molar-refractivity contribution in [3.05, 3.63) is 99.0 Å². The van der Waals surface area contributed by atoms with Gasteiger partial charge in [-0.1, -0.05) is 30.3 Å². The van der Waals surface area contributed by atoms with Gasteiger partial charge in [-0.05, 0) is 78.5 Å². The first-order valence-corrected chi connectivity index (χ1v) is 14.0. The van der Waals surface area contributed by atoms with E-state index in [9.17, 15) is 4.79 Å². The summed E-state index contributed by atoms with van der Waals surface area (Å²) in [6.45, 7) is 3.04. The minimum Gasteiger partial charge on any atom is -0.409 e. The molecule has 3 aromatic heterocycles. The quantitative estimate of drug-likeness (QED) is 0.244. The number of aryl methyl sites for hydroxylation is 1. The van der Waals surface area contributed by atoms with Crippen LogP contribution in [0.15, 0.2) is 76.1 Å². The van der Waals surface area contributed by atoms with Crippen LogP contribution in [-0.4, -0.2) is 38.7 Å². The van der Waals surface area contributed by atoms with Crippen molar-refractivity contribution in [2.75, 3.05) is 11.4 Å². The van der Waals surface area contributed by atoms with Gasteiger partial charge in [-0.3, -0.25) is 15.1 Å². The van der Waals surface area contributed by atoms with Gasteiger partial charge >= 0.3 is 0 Å². The molecule has 1 aliphatic heterocycles. The van der Waals surface area contributed by atoms with Crippen LogP contribution in [0.3, 0.4) is 0 Å². The van der Waals surface area contributed by atoms with E-state index >= 15 is 0 Å². The number of nitrogens with zero attached hydrogens (tertiary/aromatic N) is 4. The third-order valence-electron chi connectivity index (χ3n) is 6.86. The predicted molar refractivity (Wildman–Crippen MR) is 154 cm³/mol. The van der Waals surface area contributed by atoms with E-state index in [0.29, 0.717) is 31.8 Å². The molecule has 1 atom stereocenters. The third-order valence-corrected chi connectivity index (χ3v) is 7.67. The minimum absolute atomic E-state index is 0.0183. The van der Waals surface area contributed by atoms with Crippen molar-refractivity contribution in [2.45, 2.75) is 32.4 Å². The monoisotopic (exact) mass is 554 g/mol. The number of hydrogen-bond donors (Lipinski definition) is 2. The zero-order valence-electron chi connectivity index (χ0n) is 21.3. The summed E-state index contributed by atoms with van der Waals surface area (Å²) in [5, 5.41) is 12.5. The molecule has 2 N–H and O–H groups in total. The lowest BCUT2D eigenvalue weighted by Crippen LogP contribution is -2.47. The molecule has 2 aromatic carbocycles. The van der Waals surface area contributed by atoms with Gasteiger partial charge in [-0.15, -0.1) is 16.4 Å². The predicted octanol–water partition coefficient (Wildman–Crippen LogP) is 5.52. The number of thiazole rings is 1. The largest absolute Gasteiger partial charge is 0.409 e. The SMILES string of the molecule is Cc1cc(-c2cc(-c3n[nH]c(=S)o3)c3c(c2)N(C(=O)C(Cc2ccccc2)NCc2cscn2)CC3)ccn1. The number of rotatable bonds is 8. The lowest BCUT2D eigenvalue weighted by molar-refractivity contribution is -0.120. The molecule has 0 spiro atoms. The van der Waals surface area contributed by atoms with Crippen LogP contribution < -0.4 is 10.2 Å². The lowest BCUT2D eigenvalue weighted by atomic mass is 9.97. The van der Waals surface area contributed by atoms with Crippen LogP contribution in [0.5, 0.6) is 0 Å². The van der Waals surface area contributed by atoms with E-state index in [4.69, 9.17) is 16.6 Å². The number of amides is 1. The lowest BCUT2D eigenvalue weighted by Gasteiger charge is -2.25. The Balaban J connectivity index is 1.39. The first-order valence-electron chi connectivity index (χ1n) is 12.7. The number of fused-ring (bicyclic) bond motifs is 1. The third kappa shape index (κ3) is 5.44. The van der Waals surface area contributed by atoms with E-state index < -0.39 is 6.04 Å². The summed E-state index contributed by atoms with van der Waals surface area (Å²) in [5.41, 5.74) is 9.39. The molecule has 196 valence electrons. The molecule has 8 nitrogen and oxygen atoms in total. The molecule has 6 rings (SSSR count). The van der Waals surface area contributed by atoms with E-state index in [1.807, 2.05) is 47.5 Å². The molecule has 10 heteroatoms. The summed E-state index contributed by atoms with van der Waals surface area (Å²) in [5.74, 6) is 0.436. The Morgan fingerprint density at radius 3 is 2.79 bits per heavy atom. The molecule has 0 fully saturated rings. The van der Waals surface area contributed by atoms with E-state index in [0.717, 1.165) is 44.9 Å². The molecule has 0 saturated heterocycles. The molecule has 5 aromatic rings. The van der Waals surface area contributed by atoms with Crippen LogP contribution in [-0.2, 0) is 24.2 Å². The van der Waals surface area contributed by atoms with Crippen molar-refractivity contribution in [3.8, 4) is 22.6 Å². The van der Waals surface area contributed by atoms with E-state index in [2.05, 4.69) is 49.7 Å². The number of aromatic nitrogens is 4. The van der Waals surface area contributed by atoms with Crippen molar-refractivity contribution in [3.63, 3.8) is 0 Å². The van der Waals surface area contributed by atoms with Crippen LogP contribution in [0, 0.1) is 11.8 Å². The smallest absolute Gasteiger partial charge is 0.284 e. The molecule has 4 heterocycles. The van der Waals surface area contributed by atoms with Crippen LogP contribution in [0.4, 0.5) is 5.69 Å². The Hall–Kier alpha value is -3.99. The number of H-pyrrole nitrogens is 1. The van der Waals surface area contributed by atoms with Crippen molar-refractivity contribution in [1.29, 1.82) is 0 Å². The average Bonchev–Trinajstić information content (AvgIpc) is 3.72. The van der Waals surface area contributed by atoms with Gasteiger partial charge in [0, 0.05) is 41.6 Å². The number of anilines is 1. The molecule has 39 heavy (non-hydrogen) atoms. The van der Waals surface area contributed by atoms with Gasteiger partial charge < -0.3 is 9.32 Å². The van der Waals surface area contributed by atoms with Gasteiger partial charge in [0.15, 0.2) is 0 Å². The number of pyridine rings is 1. The Kier molecular flexibility index (Phi) is 7.14. The van der Waals surface area contributed by atoms with Crippen molar-refractivity contribution in [1.82, 2.24) is 25.5 Å².